The summed E-state index contributed by atoms with van der Waals surface area (Å²) in [7, 11) is 0. The summed E-state index contributed by atoms with van der Waals surface area (Å²) in [6.45, 7) is 1.74. The predicted octanol–water partition coefficient (Wildman–Crippen LogP) is 6.55. The van der Waals surface area contributed by atoms with Gasteiger partial charge >= 0.3 is 6.18 Å². The Morgan fingerprint density at radius 1 is 1.03 bits per heavy atom. The van der Waals surface area contributed by atoms with Crippen LogP contribution in [0, 0.1) is 18.6 Å². The van der Waals surface area contributed by atoms with Gasteiger partial charge in [-0.1, -0.05) is 0 Å². The Bertz CT molecular complexity index is 1290. The molecule has 0 bridgehead atoms. The zero-order valence-corrected chi connectivity index (χ0v) is 19.2. The van der Waals surface area contributed by atoms with Gasteiger partial charge in [0.2, 0.25) is 0 Å². The SMILES string of the molecule is Cc1cc(F)ccc1Oc1cc(C2CC2)c(C(F)(F)F)cc1C(=O)Nc1ccc(F)c(OCCN)c1. The monoisotopic (exact) mass is 506 g/mol. The van der Waals surface area contributed by atoms with E-state index < -0.39 is 29.3 Å². The number of nitrogens with one attached hydrogen (secondary N) is 1. The third-order valence-corrected chi connectivity index (χ3v) is 5.64. The van der Waals surface area contributed by atoms with Crippen LogP contribution in [0.1, 0.15) is 45.8 Å². The van der Waals surface area contributed by atoms with Gasteiger partial charge in [-0.25, -0.2) is 8.78 Å². The number of alkyl halides is 3. The molecule has 1 saturated carbocycles. The van der Waals surface area contributed by atoms with E-state index in [1.165, 1.54) is 30.3 Å². The minimum Gasteiger partial charge on any atom is -0.489 e. The van der Waals surface area contributed by atoms with E-state index in [-0.39, 0.29) is 53.1 Å². The van der Waals surface area contributed by atoms with Crippen LogP contribution in [0.5, 0.6) is 17.2 Å². The van der Waals surface area contributed by atoms with Crippen molar-refractivity contribution in [1.82, 2.24) is 0 Å². The summed E-state index contributed by atoms with van der Waals surface area (Å²) in [5, 5.41) is 2.47. The van der Waals surface area contributed by atoms with Gasteiger partial charge in [-0.15, -0.1) is 0 Å². The van der Waals surface area contributed by atoms with Gasteiger partial charge in [-0.2, -0.15) is 13.2 Å². The number of anilines is 1. The van der Waals surface area contributed by atoms with E-state index in [9.17, 15) is 26.7 Å². The molecule has 0 radical (unpaired) electrons. The highest BCUT2D eigenvalue weighted by Gasteiger charge is 2.40. The van der Waals surface area contributed by atoms with Gasteiger partial charge in [-0.3, -0.25) is 4.79 Å². The normalized spacial score (nSPS) is 13.4. The van der Waals surface area contributed by atoms with Gasteiger partial charge in [0.05, 0.1) is 11.1 Å². The fourth-order valence-electron chi connectivity index (χ4n) is 3.74. The number of rotatable bonds is 8. The molecule has 0 atom stereocenters. The van der Waals surface area contributed by atoms with Crippen LogP contribution in [0.2, 0.25) is 0 Å². The summed E-state index contributed by atoms with van der Waals surface area (Å²) >= 11 is 0. The van der Waals surface area contributed by atoms with Gasteiger partial charge < -0.3 is 20.5 Å². The van der Waals surface area contributed by atoms with Crippen molar-refractivity contribution >= 4 is 11.6 Å². The number of amides is 1. The third kappa shape index (κ3) is 5.76. The minimum atomic E-state index is -4.70. The Balaban J connectivity index is 1.75. The van der Waals surface area contributed by atoms with E-state index >= 15 is 0 Å². The first-order chi connectivity index (χ1) is 17.1. The first-order valence-electron chi connectivity index (χ1n) is 11.2. The molecular formula is C26H23F5N2O3. The van der Waals surface area contributed by atoms with Gasteiger partial charge in [0, 0.05) is 18.3 Å². The Labute approximate surface area is 204 Å². The number of halogens is 5. The largest absolute Gasteiger partial charge is 0.489 e. The Kier molecular flexibility index (Phi) is 7.16. The first-order valence-corrected chi connectivity index (χ1v) is 11.2. The maximum Gasteiger partial charge on any atom is 0.416 e. The summed E-state index contributed by atoms with van der Waals surface area (Å²) in [6, 6.07) is 9.18. The van der Waals surface area contributed by atoms with Crippen LogP contribution in [0.4, 0.5) is 27.6 Å². The van der Waals surface area contributed by atoms with E-state index in [1.54, 1.807) is 6.92 Å². The number of aryl methyl sites for hydroxylation is 1. The van der Waals surface area contributed by atoms with Crippen molar-refractivity contribution in [2.75, 3.05) is 18.5 Å². The Morgan fingerprint density at radius 2 is 1.78 bits per heavy atom. The Hall–Kier alpha value is -3.66. The lowest BCUT2D eigenvalue weighted by molar-refractivity contribution is -0.138. The molecule has 0 saturated heterocycles. The topological polar surface area (TPSA) is 73.6 Å². The van der Waals surface area contributed by atoms with Crippen molar-refractivity contribution in [3.05, 3.63) is 82.4 Å². The third-order valence-electron chi connectivity index (χ3n) is 5.64. The van der Waals surface area contributed by atoms with Crippen LogP contribution in [0.25, 0.3) is 0 Å². The van der Waals surface area contributed by atoms with Gasteiger partial charge in [0.15, 0.2) is 11.6 Å². The summed E-state index contributed by atoms with van der Waals surface area (Å²) in [5.41, 5.74) is 4.58. The lowest BCUT2D eigenvalue weighted by Crippen LogP contribution is -2.17. The predicted molar refractivity (Wildman–Crippen MR) is 124 cm³/mol. The maximum atomic E-state index is 14.0. The van der Waals surface area contributed by atoms with Crippen molar-refractivity contribution < 1.29 is 36.2 Å². The molecule has 36 heavy (non-hydrogen) atoms. The molecular weight excluding hydrogens is 483 g/mol. The second kappa shape index (κ2) is 10.1. The number of benzene rings is 3. The van der Waals surface area contributed by atoms with E-state index in [1.807, 2.05) is 0 Å². The molecule has 0 aromatic heterocycles. The van der Waals surface area contributed by atoms with Crippen molar-refractivity contribution in [3.8, 4) is 17.2 Å². The molecule has 4 rings (SSSR count). The van der Waals surface area contributed by atoms with Crippen LogP contribution in [0.15, 0.2) is 48.5 Å². The molecule has 0 spiro atoms. The van der Waals surface area contributed by atoms with E-state index in [0.717, 1.165) is 18.2 Å². The van der Waals surface area contributed by atoms with E-state index in [0.29, 0.717) is 18.4 Å². The second-order valence-corrected chi connectivity index (χ2v) is 8.46. The Morgan fingerprint density at radius 3 is 2.42 bits per heavy atom. The highest BCUT2D eigenvalue weighted by atomic mass is 19.4. The van der Waals surface area contributed by atoms with Crippen LogP contribution in [-0.2, 0) is 6.18 Å². The van der Waals surface area contributed by atoms with E-state index in [2.05, 4.69) is 5.32 Å². The van der Waals surface area contributed by atoms with Crippen LogP contribution >= 0.6 is 0 Å². The molecule has 0 unspecified atom stereocenters. The smallest absolute Gasteiger partial charge is 0.416 e. The lowest BCUT2D eigenvalue weighted by Gasteiger charge is -2.19. The minimum absolute atomic E-state index is 0.0287. The molecule has 1 amide bonds. The summed E-state index contributed by atoms with van der Waals surface area (Å²) in [4.78, 5) is 13.2. The molecule has 1 aliphatic carbocycles. The van der Waals surface area contributed by atoms with Gasteiger partial charge in [0.25, 0.3) is 5.91 Å². The highest BCUT2D eigenvalue weighted by molar-refractivity contribution is 6.06. The number of ether oxygens (including phenoxy) is 2. The second-order valence-electron chi connectivity index (χ2n) is 8.46. The van der Waals surface area contributed by atoms with Crippen LogP contribution in [-0.4, -0.2) is 19.1 Å². The number of carbonyl (C=O) groups is 1. The number of nitrogens with two attached hydrogens (primary N) is 1. The zero-order chi connectivity index (χ0) is 26.0. The lowest BCUT2D eigenvalue weighted by atomic mass is 9.98. The van der Waals surface area contributed by atoms with Gasteiger partial charge in [0.1, 0.15) is 23.9 Å². The summed E-state index contributed by atoms with van der Waals surface area (Å²) in [6.07, 6.45) is -3.52. The molecule has 3 N–H and O–H groups in total. The number of hydrogen-bond acceptors (Lipinski definition) is 4. The molecule has 3 aromatic carbocycles. The molecule has 0 aliphatic heterocycles. The van der Waals surface area contributed by atoms with Crippen molar-refractivity contribution in [2.45, 2.75) is 31.9 Å². The molecule has 190 valence electrons. The average Bonchev–Trinajstić information content (AvgIpc) is 3.65. The van der Waals surface area contributed by atoms with Gasteiger partial charge in [-0.05, 0) is 79.3 Å². The standard InChI is InChI=1S/C26H23F5N2O3/c1-14-10-16(27)4-7-22(14)36-23-13-18(15-2-3-15)20(26(29,30)31)12-19(23)25(34)33-17-5-6-21(28)24(11-17)35-9-8-32/h4-7,10-13,15H,2-3,8-9,32H2,1H3,(H,33,34). The fourth-order valence-corrected chi connectivity index (χ4v) is 3.74. The number of carbonyl (C=O) groups excluding carboxylic acids is 1. The average molecular weight is 506 g/mol. The van der Waals surface area contributed by atoms with Crippen molar-refractivity contribution in [2.24, 2.45) is 5.73 Å². The van der Waals surface area contributed by atoms with Crippen LogP contribution < -0.4 is 20.5 Å². The van der Waals surface area contributed by atoms with E-state index in [4.69, 9.17) is 15.2 Å². The first kappa shape index (κ1) is 25.4. The highest BCUT2D eigenvalue weighted by Crippen LogP contribution is 2.48. The maximum absolute atomic E-state index is 14.0. The van der Waals surface area contributed by atoms with Crippen molar-refractivity contribution in [3.63, 3.8) is 0 Å². The molecule has 1 fully saturated rings. The molecule has 3 aromatic rings. The zero-order valence-electron chi connectivity index (χ0n) is 19.2. The quantitative estimate of drug-likeness (QED) is 0.340. The molecule has 5 nitrogen and oxygen atoms in total. The summed E-state index contributed by atoms with van der Waals surface area (Å²) in [5.74, 6) is -2.50. The molecule has 0 heterocycles. The molecule has 10 heteroatoms. The van der Waals surface area contributed by atoms with Crippen molar-refractivity contribution in [1.29, 1.82) is 0 Å². The van der Waals surface area contributed by atoms with Crippen LogP contribution in [0.3, 0.4) is 0 Å². The molecule has 1 aliphatic rings. The number of hydrogen-bond donors (Lipinski definition) is 2. The fraction of sp³-hybridized carbons (Fsp3) is 0.269. The summed E-state index contributed by atoms with van der Waals surface area (Å²) < 4.78 is 80.3.